The van der Waals surface area contributed by atoms with Gasteiger partial charge < -0.3 is 10.4 Å². The highest BCUT2D eigenvalue weighted by molar-refractivity contribution is 7.10. The van der Waals surface area contributed by atoms with Crippen molar-refractivity contribution in [1.29, 1.82) is 0 Å². The topological polar surface area (TPSA) is 63.0 Å². The third-order valence-corrected chi connectivity index (χ3v) is 4.43. The van der Waals surface area contributed by atoms with Gasteiger partial charge in [0.25, 0.3) is 0 Å². The Kier molecular flexibility index (Phi) is 5.28. The van der Waals surface area contributed by atoms with Crippen molar-refractivity contribution in [2.24, 2.45) is 0 Å². The van der Waals surface area contributed by atoms with Crippen LogP contribution in [0.3, 0.4) is 0 Å². The number of aliphatic hydroxyl groups is 1. The first-order chi connectivity index (χ1) is 9.62. The number of nitrogens with one attached hydrogen (secondary N) is 1. The molecule has 0 radical (unpaired) electrons. The number of aliphatic hydroxyl groups excluding tert-OH is 1. The highest BCUT2D eigenvalue weighted by Crippen LogP contribution is 2.26. The van der Waals surface area contributed by atoms with E-state index >= 15 is 0 Å². The molecule has 0 aliphatic heterocycles. The van der Waals surface area contributed by atoms with Crippen LogP contribution >= 0.6 is 11.3 Å². The van der Waals surface area contributed by atoms with Crippen LogP contribution in [0.15, 0.2) is 23.7 Å². The molecule has 0 spiro atoms. The van der Waals surface area contributed by atoms with Crippen LogP contribution in [-0.2, 0) is 18.5 Å². The monoisotopic (exact) mass is 294 g/mol. The molecular formula is C14H22N4OS. The third-order valence-electron chi connectivity index (χ3n) is 3.19. The van der Waals surface area contributed by atoms with Gasteiger partial charge in [0.15, 0.2) is 0 Å². The van der Waals surface area contributed by atoms with E-state index in [0.29, 0.717) is 19.5 Å². The van der Waals surface area contributed by atoms with E-state index in [1.165, 1.54) is 4.88 Å². The zero-order chi connectivity index (χ0) is 14.4. The number of rotatable bonds is 8. The fourth-order valence-electron chi connectivity index (χ4n) is 2.02. The summed E-state index contributed by atoms with van der Waals surface area (Å²) in [4.78, 5) is 1.39. The maximum atomic E-state index is 8.78. The smallest absolute Gasteiger partial charge is 0.0964 e. The molecule has 110 valence electrons. The fourth-order valence-corrected chi connectivity index (χ4v) is 2.87. The fraction of sp³-hybridized carbons (Fsp3) is 0.571. The van der Waals surface area contributed by atoms with Gasteiger partial charge in [-0.25, -0.2) is 0 Å². The first kappa shape index (κ1) is 15.2. The van der Waals surface area contributed by atoms with E-state index < -0.39 is 0 Å². The average molecular weight is 294 g/mol. The van der Waals surface area contributed by atoms with Crippen molar-refractivity contribution in [3.8, 4) is 0 Å². The molecule has 0 bridgehead atoms. The maximum absolute atomic E-state index is 8.78. The molecule has 0 atom stereocenters. The van der Waals surface area contributed by atoms with Crippen LogP contribution in [0.4, 0.5) is 0 Å². The molecule has 0 saturated carbocycles. The van der Waals surface area contributed by atoms with Crippen molar-refractivity contribution in [3.63, 3.8) is 0 Å². The summed E-state index contributed by atoms with van der Waals surface area (Å²) in [7, 11) is 0. The van der Waals surface area contributed by atoms with E-state index in [0.717, 1.165) is 12.2 Å². The van der Waals surface area contributed by atoms with Crippen molar-refractivity contribution in [2.75, 3.05) is 13.2 Å². The molecule has 2 aromatic rings. The predicted octanol–water partition coefficient (Wildman–Crippen LogP) is 1.79. The SMILES string of the molecule is CC(C)(CNCc1cn(CCCO)nn1)c1cccs1. The van der Waals surface area contributed by atoms with Gasteiger partial charge in [0.05, 0.1) is 5.69 Å². The van der Waals surface area contributed by atoms with E-state index in [4.69, 9.17) is 5.11 Å². The van der Waals surface area contributed by atoms with Gasteiger partial charge >= 0.3 is 0 Å². The normalized spacial score (nSPS) is 11.9. The van der Waals surface area contributed by atoms with Gasteiger partial charge in [-0.15, -0.1) is 16.4 Å². The Balaban J connectivity index is 1.79. The second-order valence-corrected chi connectivity index (χ2v) is 6.46. The predicted molar refractivity (Wildman–Crippen MR) is 80.8 cm³/mol. The minimum atomic E-state index is 0.126. The molecule has 2 rings (SSSR count). The Morgan fingerprint density at radius 3 is 3.00 bits per heavy atom. The largest absolute Gasteiger partial charge is 0.396 e. The number of nitrogens with zero attached hydrogens (tertiary/aromatic N) is 3. The number of thiophene rings is 1. The zero-order valence-corrected chi connectivity index (χ0v) is 12.9. The van der Waals surface area contributed by atoms with Gasteiger partial charge in [-0.05, 0) is 17.9 Å². The van der Waals surface area contributed by atoms with E-state index in [1.807, 2.05) is 6.20 Å². The standard InChI is InChI=1S/C14H22N4OS/c1-14(2,13-5-3-8-20-13)11-15-9-12-10-18(17-16-12)6-4-7-19/h3,5,8,10,15,19H,4,6-7,9,11H2,1-2H3. The van der Waals surface area contributed by atoms with E-state index in [1.54, 1.807) is 16.0 Å². The van der Waals surface area contributed by atoms with Gasteiger partial charge in [-0.2, -0.15) is 0 Å². The summed E-state index contributed by atoms with van der Waals surface area (Å²) in [6, 6.07) is 4.27. The molecule has 2 N–H and O–H groups in total. The summed E-state index contributed by atoms with van der Waals surface area (Å²) in [5.74, 6) is 0. The first-order valence-electron chi connectivity index (χ1n) is 6.86. The lowest BCUT2D eigenvalue weighted by atomic mass is 9.91. The second kappa shape index (κ2) is 6.97. The van der Waals surface area contributed by atoms with Crippen molar-refractivity contribution in [2.45, 2.75) is 38.8 Å². The summed E-state index contributed by atoms with van der Waals surface area (Å²) in [5.41, 5.74) is 1.06. The summed E-state index contributed by atoms with van der Waals surface area (Å²) in [5, 5.41) is 22.5. The Bertz CT molecular complexity index is 507. The summed E-state index contributed by atoms with van der Waals surface area (Å²) in [6.07, 6.45) is 2.64. The van der Waals surface area contributed by atoms with Crippen LogP contribution in [0.2, 0.25) is 0 Å². The molecule has 0 aliphatic rings. The molecule has 0 saturated heterocycles. The molecule has 0 unspecified atom stereocenters. The first-order valence-corrected chi connectivity index (χ1v) is 7.74. The lowest BCUT2D eigenvalue weighted by molar-refractivity contribution is 0.276. The van der Waals surface area contributed by atoms with Crippen molar-refractivity contribution in [3.05, 3.63) is 34.3 Å². The summed E-state index contributed by atoms with van der Waals surface area (Å²) in [6.45, 7) is 6.99. The van der Waals surface area contributed by atoms with Crippen molar-refractivity contribution < 1.29 is 5.11 Å². The van der Waals surface area contributed by atoms with Gasteiger partial charge in [0, 0.05) is 42.7 Å². The summed E-state index contributed by atoms with van der Waals surface area (Å²) >= 11 is 1.79. The average Bonchev–Trinajstić information content (AvgIpc) is 3.08. The summed E-state index contributed by atoms with van der Waals surface area (Å²) < 4.78 is 1.78. The van der Waals surface area contributed by atoms with Crippen LogP contribution in [0.5, 0.6) is 0 Å². The third kappa shape index (κ3) is 4.13. The zero-order valence-electron chi connectivity index (χ0n) is 12.0. The van der Waals surface area contributed by atoms with Gasteiger partial charge in [0.2, 0.25) is 0 Å². The number of aromatic nitrogens is 3. The Labute approximate surface area is 123 Å². The lowest BCUT2D eigenvalue weighted by Gasteiger charge is -2.23. The highest BCUT2D eigenvalue weighted by atomic mass is 32.1. The Hall–Kier alpha value is -1.24. The quantitative estimate of drug-likeness (QED) is 0.779. The molecule has 20 heavy (non-hydrogen) atoms. The van der Waals surface area contributed by atoms with E-state index in [2.05, 4.69) is 47.0 Å². The Morgan fingerprint density at radius 1 is 1.45 bits per heavy atom. The molecule has 0 aromatic carbocycles. The molecule has 5 nitrogen and oxygen atoms in total. The molecule has 2 aromatic heterocycles. The molecule has 2 heterocycles. The minimum absolute atomic E-state index is 0.126. The van der Waals surface area contributed by atoms with E-state index in [-0.39, 0.29) is 12.0 Å². The molecule has 0 amide bonds. The van der Waals surface area contributed by atoms with Crippen LogP contribution in [0.1, 0.15) is 30.8 Å². The molecule has 0 fully saturated rings. The van der Waals surface area contributed by atoms with Crippen LogP contribution < -0.4 is 5.32 Å². The van der Waals surface area contributed by atoms with E-state index in [9.17, 15) is 0 Å². The minimum Gasteiger partial charge on any atom is -0.396 e. The molecular weight excluding hydrogens is 272 g/mol. The van der Waals surface area contributed by atoms with Crippen molar-refractivity contribution in [1.82, 2.24) is 20.3 Å². The van der Waals surface area contributed by atoms with Gasteiger partial charge in [0.1, 0.15) is 0 Å². The van der Waals surface area contributed by atoms with Crippen LogP contribution in [0, 0.1) is 0 Å². The lowest BCUT2D eigenvalue weighted by Crippen LogP contribution is -2.32. The highest BCUT2D eigenvalue weighted by Gasteiger charge is 2.21. The second-order valence-electron chi connectivity index (χ2n) is 5.51. The maximum Gasteiger partial charge on any atom is 0.0964 e. The number of hydrogen-bond acceptors (Lipinski definition) is 5. The molecule has 0 aliphatic carbocycles. The Morgan fingerprint density at radius 2 is 2.30 bits per heavy atom. The van der Waals surface area contributed by atoms with Crippen LogP contribution in [-0.4, -0.2) is 33.3 Å². The molecule has 6 heteroatoms. The number of aryl methyl sites for hydroxylation is 1. The number of hydrogen-bond donors (Lipinski definition) is 2. The van der Waals surface area contributed by atoms with Crippen molar-refractivity contribution >= 4 is 11.3 Å². The van der Waals surface area contributed by atoms with Crippen LogP contribution in [0.25, 0.3) is 0 Å². The van der Waals surface area contributed by atoms with Gasteiger partial charge in [-0.3, -0.25) is 4.68 Å². The van der Waals surface area contributed by atoms with Gasteiger partial charge in [-0.1, -0.05) is 25.1 Å².